The number of aromatic nitrogens is 4. The topological polar surface area (TPSA) is 55.4 Å². The zero-order chi connectivity index (χ0) is 20.0. The lowest BCUT2D eigenvalue weighted by Gasteiger charge is -2.17. The Hall–Kier alpha value is -2.93. The largest absolute Gasteiger partial charge is 0.336 e. The summed E-state index contributed by atoms with van der Waals surface area (Å²) < 4.78 is 3.98. The molecule has 0 N–H and O–H groups in total. The van der Waals surface area contributed by atoms with E-state index in [1.165, 1.54) is 4.88 Å². The molecule has 3 aromatic heterocycles. The van der Waals surface area contributed by atoms with E-state index in [2.05, 4.69) is 27.6 Å². The van der Waals surface area contributed by atoms with Crippen LogP contribution in [0.25, 0.3) is 10.6 Å². The fourth-order valence-corrected chi connectivity index (χ4v) is 4.34. The predicted octanol–water partition coefficient (Wildman–Crippen LogP) is 4.09. The van der Waals surface area contributed by atoms with Gasteiger partial charge in [0.2, 0.25) is 0 Å². The molecule has 4 aromatic rings. The van der Waals surface area contributed by atoms with Crippen molar-refractivity contribution in [3.05, 3.63) is 69.7 Å². The van der Waals surface area contributed by atoms with E-state index in [4.69, 9.17) is 0 Å². The molecule has 0 bridgehead atoms. The van der Waals surface area contributed by atoms with Gasteiger partial charge in [-0.15, -0.1) is 11.3 Å². The second-order valence-corrected chi connectivity index (χ2v) is 8.40. The molecular weight excluding hydrogens is 370 g/mol. The molecule has 0 aliphatic heterocycles. The summed E-state index contributed by atoms with van der Waals surface area (Å²) in [6.07, 6.45) is 2.08. The number of carbonyl (C=O) groups excluding carboxylic acids is 1. The summed E-state index contributed by atoms with van der Waals surface area (Å²) in [6, 6.07) is 9.63. The summed E-state index contributed by atoms with van der Waals surface area (Å²) in [4.78, 5) is 21.4. The highest BCUT2D eigenvalue weighted by Crippen LogP contribution is 2.22. The maximum Gasteiger partial charge on any atom is 0.253 e. The van der Waals surface area contributed by atoms with Gasteiger partial charge >= 0.3 is 0 Å². The summed E-state index contributed by atoms with van der Waals surface area (Å²) in [7, 11) is 1.83. The average molecular weight is 394 g/mol. The molecule has 0 radical (unpaired) electrons. The summed E-state index contributed by atoms with van der Waals surface area (Å²) in [5.74, 6) is -0.0128. The highest BCUT2D eigenvalue weighted by Gasteiger charge is 2.17. The van der Waals surface area contributed by atoms with Gasteiger partial charge in [0.1, 0.15) is 0 Å². The summed E-state index contributed by atoms with van der Waals surface area (Å²) >= 11 is 1.66. The molecule has 1 aromatic carbocycles. The highest BCUT2D eigenvalue weighted by atomic mass is 32.1. The maximum atomic E-state index is 12.9. The molecule has 0 spiro atoms. The van der Waals surface area contributed by atoms with Gasteiger partial charge in [0.15, 0.2) is 4.96 Å². The number of carbonyl (C=O) groups is 1. The van der Waals surface area contributed by atoms with Gasteiger partial charge in [0, 0.05) is 29.4 Å². The van der Waals surface area contributed by atoms with Crippen LogP contribution >= 0.6 is 11.3 Å². The number of nitrogens with zero attached hydrogens (tertiary/aromatic N) is 5. The molecule has 0 saturated heterocycles. The number of hydrogen-bond acceptors (Lipinski definition) is 4. The minimum atomic E-state index is -0.0128. The van der Waals surface area contributed by atoms with Gasteiger partial charge < -0.3 is 4.90 Å². The SMILES string of the molecule is Cc1cc(C)n(-c2ccc(C(=O)N(C)Cc3c(C)nc4sc(C)cn34)cc2)n1. The van der Waals surface area contributed by atoms with E-state index in [-0.39, 0.29) is 5.91 Å². The van der Waals surface area contributed by atoms with E-state index in [0.29, 0.717) is 12.1 Å². The zero-order valence-corrected chi connectivity index (χ0v) is 17.5. The number of imidazole rings is 1. The van der Waals surface area contributed by atoms with Crippen LogP contribution in [-0.2, 0) is 6.54 Å². The van der Waals surface area contributed by atoms with E-state index in [9.17, 15) is 4.79 Å². The lowest BCUT2D eigenvalue weighted by atomic mass is 10.1. The molecule has 0 atom stereocenters. The first-order valence-corrected chi connectivity index (χ1v) is 9.98. The van der Waals surface area contributed by atoms with E-state index in [1.807, 2.05) is 62.8 Å². The Morgan fingerprint density at radius 3 is 2.50 bits per heavy atom. The van der Waals surface area contributed by atoms with E-state index >= 15 is 0 Å². The third-order valence-corrected chi connectivity index (χ3v) is 5.74. The lowest BCUT2D eigenvalue weighted by molar-refractivity contribution is 0.0783. The number of thiazole rings is 1. The fraction of sp³-hybridized carbons (Fsp3) is 0.286. The third kappa shape index (κ3) is 3.22. The van der Waals surface area contributed by atoms with Crippen LogP contribution in [0.15, 0.2) is 36.5 Å². The van der Waals surface area contributed by atoms with Crippen molar-refractivity contribution < 1.29 is 4.79 Å². The molecule has 0 saturated carbocycles. The molecule has 0 aliphatic rings. The summed E-state index contributed by atoms with van der Waals surface area (Å²) in [5.41, 5.74) is 5.67. The van der Waals surface area contributed by atoms with Crippen LogP contribution in [0.2, 0.25) is 0 Å². The molecule has 0 aliphatic carbocycles. The lowest BCUT2D eigenvalue weighted by Crippen LogP contribution is -2.27. The number of hydrogen-bond donors (Lipinski definition) is 0. The Kier molecular flexibility index (Phi) is 4.55. The van der Waals surface area contributed by atoms with E-state index in [1.54, 1.807) is 16.2 Å². The maximum absolute atomic E-state index is 12.9. The van der Waals surface area contributed by atoms with E-state index < -0.39 is 0 Å². The smallest absolute Gasteiger partial charge is 0.253 e. The van der Waals surface area contributed by atoms with Crippen molar-refractivity contribution in [1.82, 2.24) is 24.1 Å². The fourth-order valence-electron chi connectivity index (χ4n) is 3.45. The molecule has 144 valence electrons. The van der Waals surface area contributed by atoms with E-state index in [0.717, 1.165) is 33.4 Å². The number of fused-ring (bicyclic) bond motifs is 1. The monoisotopic (exact) mass is 393 g/mol. The van der Waals surface area contributed by atoms with Crippen molar-refractivity contribution in [3.8, 4) is 5.69 Å². The van der Waals surface area contributed by atoms with Crippen LogP contribution < -0.4 is 0 Å². The zero-order valence-electron chi connectivity index (χ0n) is 16.7. The highest BCUT2D eigenvalue weighted by molar-refractivity contribution is 7.17. The van der Waals surface area contributed by atoms with Gasteiger partial charge in [0.25, 0.3) is 5.91 Å². The Bertz CT molecular complexity index is 1170. The number of rotatable bonds is 4. The Labute approximate surface area is 168 Å². The van der Waals surface area contributed by atoms with Gasteiger partial charge in [-0.3, -0.25) is 9.20 Å². The Morgan fingerprint density at radius 1 is 1.14 bits per heavy atom. The number of aryl methyl sites for hydroxylation is 4. The van der Waals surface area contributed by atoms with Gasteiger partial charge in [-0.2, -0.15) is 5.10 Å². The van der Waals surface area contributed by atoms with Crippen molar-refractivity contribution in [2.75, 3.05) is 7.05 Å². The predicted molar refractivity (Wildman–Crippen MR) is 111 cm³/mol. The molecule has 4 rings (SSSR count). The summed E-state index contributed by atoms with van der Waals surface area (Å²) in [6.45, 7) is 8.57. The normalized spacial score (nSPS) is 11.3. The Balaban J connectivity index is 1.55. The van der Waals surface area contributed by atoms with Gasteiger partial charge in [-0.25, -0.2) is 9.67 Å². The number of benzene rings is 1. The van der Waals surface area contributed by atoms with Crippen LogP contribution in [0.3, 0.4) is 0 Å². The minimum absolute atomic E-state index is 0.0128. The summed E-state index contributed by atoms with van der Waals surface area (Å²) in [5, 5.41) is 4.49. The van der Waals surface area contributed by atoms with Crippen molar-refractivity contribution in [3.63, 3.8) is 0 Å². The quantitative estimate of drug-likeness (QED) is 0.525. The van der Waals surface area contributed by atoms with Crippen molar-refractivity contribution >= 4 is 22.2 Å². The molecule has 1 amide bonds. The van der Waals surface area contributed by atoms with Gasteiger partial charge in [0.05, 0.1) is 29.3 Å². The van der Waals surface area contributed by atoms with Crippen molar-refractivity contribution in [2.45, 2.75) is 34.2 Å². The van der Waals surface area contributed by atoms with Crippen molar-refractivity contribution in [1.29, 1.82) is 0 Å². The first-order valence-electron chi connectivity index (χ1n) is 9.16. The Morgan fingerprint density at radius 2 is 1.86 bits per heavy atom. The van der Waals surface area contributed by atoms with Crippen LogP contribution in [0.1, 0.15) is 38.0 Å². The van der Waals surface area contributed by atoms with Gasteiger partial charge in [-0.1, -0.05) is 0 Å². The molecule has 3 heterocycles. The van der Waals surface area contributed by atoms with Crippen LogP contribution in [0.5, 0.6) is 0 Å². The molecule has 28 heavy (non-hydrogen) atoms. The second kappa shape index (κ2) is 6.91. The first kappa shape index (κ1) is 18.4. The molecule has 0 unspecified atom stereocenters. The minimum Gasteiger partial charge on any atom is -0.336 e. The third-order valence-electron chi connectivity index (χ3n) is 4.84. The number of amides is 1. The first-order chi connectivity index (χ1) is 13.3. The molecule has 7 heteroatoms. The average Bonchev–Trinajstić information content (AvgIpc) is 3.27. The molecular formula is C21H23N5OS. The van der Waals surface area contributed by atoms with Gasteiger partial charge in [-0.05, 0) is 58.0 Å². The van der Waals surface area contributed by atoms with Crippen LogP contribution in [0, 0.1) is 27.7 Å². The van der Waals surface area contributed by atoms with Crippen LogP contribution in [0.4, 0.5) is 0 Å². The molecule has 0 fully saturated rings. The van der Waals surface area contributed by atoms with Crippen LogP contribution in [-0.4, -0.2) is 37.0 Å². The standard InChI is InChI=1S/C21H23N5OS/c1-13-10-14(2)26(23-13)18-8-6-17(7-9-18)20(27)24(5)12-19-16(4)22-21-25(19)11-15(3)28-21/h6-11H,12H2,1-5H3. The second-order valence-electron chi connectivity index (χ2n) is 7.19. The van der Waals surface area contributed by atoms with Crippen molar-refractivity contribution in [2.24, 2.45) is 0 Å². The molecule has 6 nitrogen and oxygen atoms in total.